The van der Waals surface area contributed by atoms with Crippen molar-refractivity contribution in [1.82, 2.24) is 5.32 Å². The molecule has 1 unspecified atom stereocenters. The Bertz CT molecular complexity index is 574. The van der Waals surface area contributed by atoms with Crippen molar-refractivity contribution in [2.24, 2.45) is 0 Å². The second-order valence-corrected chi connectivity index (χ2v) is 4.94. The monoisotopic (exact) mass is 285 g/mol. The van der Waals surface area contributed by atoms with Crippen molar-refractivity contribution < 1.29 is 9.47 Å². The summed E-state index contributed by atoms with van der Waals surface area (Å²) in [5, 5.41) is 3.32. The highest BCUT2D eigenvalue weighted by molar-refractivity contribution is 5.72. The van der Waals surface area contributed by atoms with E-state index in [1.54, 1.807) is 14.2 Å². The summed E-state index contributed by atoms with van der Waals surface area (Å²) in [4.78, 5) is 0. The van der Waals surface area contributed by atoms with Crippen LogP contribution < -0.4 is 14.8 Å². The van der Waals surface area contributed by atoms with Crippen molar-refractivity contribution in [2.45, 2.75) is 19.4 Å². The fourth-order valence-corrected chi connectivity index (χ4v) is 2.54. The second kappa shape index (κ2) is 7.14. The van der Waals surface area contributed by atoms with Crippen LogP contribution in [0.3, 0.4) is 0 Å². The van der Waals surface area contributed by atoms with Crippen LogP contribution in [0.1, 0.15) is 24.9 Å². The number of methoxy groups -OCH3 is 2. The van der Waals surface area contributed by atoms with Gasteiger partial charge in [-0.15, -0.1) is 0 Å². The standard InChI is InChI=1S/C18H23NO2/c1-5-17(19-2)14-8-6-13(7-9-14)16-12-15(20-3)10-11-18(16)21-4/h6-12,17,19H,5H2,1-4H3. The van der Waals surface area contributed by atoms with Gasteiger partial charge in [0.15, 0.2) is 0 Å². The maximum Gasteiger partial charge on any atom is 0.126 e. The molecule has 0 aliphatic carbocycles. The Hall–Kier alpha value is -2.00. The Morgan fingerprint density at radius 1 is 1.00 bits per heavy atom. The lowest BCUT2D eigenvalue weighted by atomic mass is 9.99. The van der Waals surface area contributed by atoms with Gasteiger partial charge in [-0.25, -0.2) is 0 Å². The average Bonchev–Trinajstić information content (AvgIpc) is 2.56. The van der Waals surface area contributed by atoms with Crippen molar-refractivity contribution in [3.05, 3.63) is 48.0 Å². The number of ether oxygens (including phenoxy) is 2. The van der Waals surface area contributed by atoms with Crippen LogP contribution in [0.4, 0.5) is 0 Å². The van der Waals surface area contributed by atoms with Gasteiger partial charge in [-0.2, -0.15) is 0 Å². The van der Waals surface area contributed by atoms with Crippen LogP contribution in [0.5, 0.6) is 11.5 Å². The predicted molar refractivity (Wildman–Crippen MR) is 87.1 cm³/mol. The van der Waals surface area contributed by atoms with E-state index in [-0.39, 0.29) is 0 Å². The fraction of sp³-hybridized carbons (Fsp3) is 0.333. The molecule has 0 saturated heterocycles. The van der Waals surface area contributed by atoms with Crippen molar-refractivity contribution in [3.63, 3.8) is 0 Å². The highest BCUT2D eigenvalue weighted by Gasteiger charge is 2.10. The minimum Gasteiger partial charge on any atom is -0.497 e. The maximum absolute atomic E-state index is 5.45. The minimum absolute atomic E-state index is 0.395. The van der Waals surface area contributed by atoms with Gasteiger partial charge in [0.25, 0.3) is 0 Å². The van der Waals surface area contributed by atoms with Crippen molar-refractivity contribution in [2.75, 3.05) is 21.3 Å². The van der Waals surface area contributed by atoms with E-state index in [1.165, 1.54) is 5.56 Å². The van der Waals surface area contributed by atoms with E-state index in [1.807, 2.05) is 25.2 Å². The number of rotatable bonds is 6. The summed E-state index contributed by atoms with van der Waals surface area (Å²) >= 11 is 0. The first-order valence-corrected chi connectivity index (χ1v) is 7.23. The predicted octanol–water partition coefficient (Wildman–Crippen LogP) is 4.04. The molecule has 2 aromatic rings. The first-order valence-electron chi connectivity index (χ1n) is 7.23. The largest absolute Gasteiger partial charge is 0.497 e. The van der Waals surface area contributed by atoms with Gasteiger partial charge >= 0.3 is 0 Å². The highest BCUT2D eigenvalue weighted by Crippen LogP contribution is 2.34. The maximum atomic E-state index is 5.45. The second-order valence-electron chi connectivity index (χ2n) is 4.94. The summed E-state index contributed by atoms with van der Waals surface area (Å²) in [7, 11) is 5.36. The summed E-state index contributed by atoms with van der Waals surface area (Å²) in [6, 6.07) is 14.8. The lowest BCUT2D eigenvalue weighted by Gasteiger charge is -2.15. The van der Waals surface area contributed by atoms with Crippen LogP contribution in [0, 0.1) is 0 Å². The molecule has 3 heteroatoms. The van der Waals surface area contributed by atoms with E-state index in [9.17, 15) is 0 Å². The van der Waals surface area contributed by atoms with Crippen LogP contribution >= 0.6 is 0 Å². The Kier molecular flexibility index (Phi) is 5.23. The van der Waals surface area contributed by atoms with Crippen molar-refractivity contribution >= 4 is 0 Å². The van der Waals surface area contributed by atoms with E-state index in [0.29, 0.717) is 6.04 Å². The summed E-state index contributed by atoms with van der Waals surface area (Å²) < 4.78 is 10.8. The topological polar surface area (TPSA) is 30.5 Å². The van der Waals surface area contributed by atoms with Crippen LogP contribution in [0.2, 0.25) is 0 Å². The van der Waals surface area contributed by atoms with Crippen LogP contribution in [0.15, 0.2) is 42.5 Å². The molecule has 0 fully saturated rings. The van der Waals surface area contributed by atoms with Gasteiger partial charge in [-0.05, 0) is 42.8 Å². The first kappa shape index (κ1) is 15.4. The van der Waals surface area contributed by atoms with E-state index in [0.717, 1.165) is 29.0 Å². The van der Waals surface area contributed by atoms with Gasteiger partial charge in [0.2, 0.25) is 0 Å². The molecule has 0 radical (unpaired) electrons. The smallest absolute Gasteiger partial charge is 0.126 e. The number of nitrogens with one attached hydrogen (secondary N) is 1. The fourth-order valence-electron chi connectivity index (χ4n) is 2.54. The SMILES string of the molecule is CCC(NC)c1ccc(-c2cc(OC)ccc2OC)cc1. The molecule has 0 bridgehead atoms. The summed E-state index contributed by atoms with van der Waals surface area (Å²) in [6.45, 7) is 2.18. The van der Waals surface area contributed by atoms with Gasteiger partial charge in [-0.1, -0.05) is 31.2 Å². The summed E-state index contributed by atoms with van der Waals surface area (Å²) in [6.07, 6.45) is 1.07. The molecule has 3 nitrogen and oxygen atoms in total. The Balaban J connectivity index is 2.38. The molecule has 21 heavy (non-hydrogen) atoms. The third-order valence-corrected chi connectivity index (χ3v) is 3.79. The molecule has 0 heterocycles. The molecule has 0 saturated carbocycles. The molecule has 0 aromatic heterocycles. The minimum atomic E-state index is 0.395. The molecule has 1 N–H and O–H groups in total. The number of hydrogen-bond donors (Lipinski definition) is 1. The molecule has 0 amide bonds. The summed E-state index contributed by atoms with van der Waals surface area (Å²) in [5.74, 6) is 1.68. The first-order chi connectivity index (χ1) is 10.2. The number of benzene rings is 2. The van der Waals surface area contributed by atoms with Crippen LogP contribution in [-0.4, -0.2) is 21.3 Å². The van der Waals surface area contributed by atoms with E-state index in [4.69, 9.17) is 9.47 Å². The van der Waals surface area contributed by atoms with Gasteiger partial charge in [-0.3, -0.25) is 0 Å². The lowest BCUT2D eigenvalue weighted by Crippen LogP contribution is -2.14. The zero-order valence-corrected chi connectivity index (χ0v) is 13.1. The lowest BCUT2D eigenvalue weighted by molar-refractivity contribution is 0.404. The van der Waals surface area contributed by atoms with E-state index in [2.05, 4.69) is 36.5 Å². The summed E-state index contributed by atoms with van der Waals surface area (Å²) in [5.41, 5.74) is 3.46. The average molecular weight is 285 g/mol. The van der Waals surface area contributed by atoms with Gasteiger partial charge in [0.05, 0.1) is 14.2 Å². The molecule has 0 aliphatic rings. The highest BCUT2D eigenvalue weighted by atomic mass is 16.5. The molecule has 2 rings (SSSR count). The van der Waals surface area contributed by atoms with Gasteiger partial charge in [0, 0.05) is 11.6 Å². The molecule has 112 valence electrons. The Morgan fingerprint density at radius 2 is 1.71 bits per heavy atom. The Labute approximate surface area is 126 Å². The Morgan fingerprint density at radius 3 is 2.24 bits per heavy atom. The van der Waals surface area contributed by atoms with Gasteiger partial charge < -0.3 is 14.8 Å². The zero-order valence-electron chi connectivity index (χ0n) is 13.1. The van der Waals surface area contributed by atoms with Crippen molar-refractivity contribution in [3.8, 4) is 22.6 Å². The molecule has 0 aliphatic heterocycles. The molecule has 1 atom stereocenters. The molecule has 0 spiro atoms. The normalized spacial score (nSPS) is 12.0. The van der Waals surface area contributed by atoms with E-state index < -0.39 is 0 Å². The van der Waals surface area contributed by atoms with Gasteiger partial charge in [0.1, 0.15) is 11.5 Å². The number of hydrogen-bond acceptors (Lipinski definition) is 3. The molecular weight excluding hydrogens is 262 g/mol. The molecular formula is C18H23NO2. The van der Waals surface area contributed by atoms with Crippen LogP contribution in [-0.2, 0) is 0 Å². The van der Waals surface area contributed by atoms with Crippen molar-refractivity contribution in [1.29, 1.82) is 0 Å². The zero-order chi connectivity index (χ0) is 15.2. The quantitative estimate of drug-likeness (QED) is 0.869. The third kappa shape index (κ3) is 3.37. The molecule has 2 aromatic carbocycles. The van der Waals surface area contributed by atoms with E-state index >= 15 is 0 Å². The third-order valence-electron chi connectivity index (χ3n) is 3.79. The van der Waals surface area contributed by atoms with Crippen LogP contribution in [0.25, 0.3) is 11.1 Å².